The SMILES string of the molecule is CC(=CCCCCCCCC=C(C)C(N)=O)C(N)=O. The molecule has 0 aromatic rings. The van der Waals surface area contributed by atoms with E-state index in [4.69, 9.17) is 11.5 Å². The summed E-state index contributed by atoms with van der Waals surface area (Å²) < 4.78 is 0. The van der Waals surface area contributed by atoms with Crippen LogP contribution in [0.1, 0.15) is 58.8 Å². The number of allylic oxidation sites excluding steroid dienone is 2. The molecule has 0 saturated carbocycles. The van der Waals surface area contributed by atoms with Gasteiger partial charge in [0.2, 0.25) is 11.8 Å². The minimum atomic E-state index is -0.336. The first kappa shape index (κ1) is 17.4. The molecule has 0 aromatic heterocycles. The molecule has 0 bridgehead atoms. The molecular formula is C15H26N2O2. The van der Waals surface area contributed by atoms with Crippen molar-refractivity contribution in [2.75, 3.05) is 0 Å². The van der Waals surface area contributed by atoms with E-state index in [1.807, 2.05) is 12.2 Å². The Hall–Kier alpha value is -1.58. The van der Waals surface area contributed by atoms with Crippen molar-refractivity contribution in [2.24, 2.45) is 11.5 Å². The van der Waals surface area contributed by atoms with Crippen LogP contribution in [-0.4, -0.2) is 11.8 Å². The van der Waals surface area contributed by atoms with Crippen LogP contribution in [-0.2, 0) is 9.59 Å². The van der Waals surface area contributed by atoms with E-state index in [0.29, 0.717) is 11.1 Å². The van der Waals surface area contributed by atoms with E-state index in [-0.39, 0.29) is 11.8 Å². The molecule has 19 heavy (non-hydrogen) atoms. The van der Waals surface area contributed by atoms with Gasteiger partial charge in [-0.05, 0) is 39.5 Å². The van der Waals surface area contributed by atoms with Gasteiger partial charge >= 0.3 is 0 Å². The Morgan fingerprint density at radius 2 is 1.05 bits per heavy atom. The first-order valence-electron chi connectivity index (χ1n) is 6.88. The lowest BCUT2D eigenvalue weighted by atomic mass is 10.1. The molecule has 0 spiro atoms. The van der Waals surface area contributed by atoms with Crippen LogP contribution in [0.25, 0.3) is 0 Å². The summed E-state index contributed by atoms with van der Waals surface area (Å²) >= 11 is 0. The largest absolute Gasteiger partial charge is 0.366 e. The second-order valence-corrected chi connectivity index (χ2v) is 4.85. The Kier molecular flexibility index (Phi) is 9.49. The van der Waals surface area contributed by atoms with Gasteiger partial charge in [0, 0.05) is 11.1 Å². The van der Waals surface area contributed by atoms with Crippen molar-refractivity contribution in [1.82, 2.24) is 0 Å². The van der Waals surface area contributed by atoms with E-state index in [2.05, 4.69) is 0 Å². The maximum absolute atomic E-state index is 10.8. The maximum Gasteiger partial charge on any atom is 0.244 e. The van der Waals surface area contributed by atoms with Crippen molar-refractivity contribution in [2.45, 2.75) is 58.8 Å². The predicted molar refractivity (Wildman–Crippen MR) is 78.2 cm³/mol. The quantitative estimate of drug-likeness (QED) is 0.470. The van der Waals surface area contributed by atoms with Crippen LogP contribution < -0.4 is 11.5 Å². The molecule has 0 rings (SSSR count). The minimum absolute atomic E-state index is 0.336. The third kappa shape index (κ3) is 10.1. The highest BCUT2D eigenvalue weighted by Crippen LogP contribution is 2.09. The third-order valence-electron chi connectivity index (χ3n) is 3.09. The molecule has 0 aromatic carbocycles. The van der Waals surface area contributed by atoms with Gasteiger partial charge in [0.15, 0.2) is 0 Å². The zero-order valence-corrected chi connectivity index (χ0v) is 12.1. The highest BCUT2D eigenvalue weighted by atomic mass is 16.1. The van der Waals surface area contributed by atoms with Crippen LogP contribution in [0.2, 0.25) is 0 Å². The van der Waals surface area contributed by atoms with Crippen LogP contribution in [0.5, 0.6) is 0 Å². The zero-order valence-electron chi connectivity index (χ0n) is 12.1. The normalized spacial score (nSPS) is 12.5. The van der Waals surface area contributed by atoms with Gasteiger partial charge in [-0.3, -0.25) is 9.59 Å². The summed E-state index contributed by atoms with van der Waals surface area (Å²) in [6.45, 7) is 3.49. The first-order valence-corrected chi connectivity index (χ1v) is 6.88. The Morgan fingerprint density at radius 3 is 1.37 bits per heavy atom. The van der Waals surface area contributed by atoms with Gasteiger partial charge < -0.3 is 11.5 Å². The first-order chi connectivity index (χ1) is 8.95. The van der Waals surface area contributed by atoms with Crippen molar-refractivity contribution in [3.8, 4) is 0 Å². The lowest BCUT2D eigenvalue weighted by Gasteiger charge is -2.00. The second-order valence-electron chi connectivity index (χ2n) is 4.85. The van der Waals surface area contributed by atoms with E-state index in [0.717, 1.165) is 38.5 Å². The number of amides is 2. The molecule has 0 saturated heterocycles. The lowest BCUT2D eigenvalue weighted by Crippen LogP contribution is -2.11. The molecule has 0 heterocycles. The van der Waals surface area contributed by atoms with Gasteiger partial charge in [0.05, 0.1) is 0 Å². The second kappa shape index (κ2) is 10.4. The molecule has 0 aliphatic heterocycles. The van der Waals surface area contributed by atoms with Gasteiger partial charge in [-0.25, -0.2) is 0 Å². The third-order valence-corrected chi connectivity index (χ3v) is 3.09. The van der Waals surface area contributed by atoms with Crippen LogP contribution in [0.3, 0.4) is 0 Å². The number of unbranched alkanes of at least 4 members (excludes halogenated alkanes) is 6. The number of nitrogens with two attached hydrogens (primary N) is 2. The summed E-state index contributed by atoms with van der Waals surface area (Å²) in [6.07, 6.45) is 11.3. The number of hydrogen-bond acceptors (Lipinski definition) is 2. The van der Waals surface area contributed by atoms with Gasteiger partial charge in [-0.1, -0.05) is 31.4 Å². The topological polar surface area (TPSA) is 86.2 Å². The molecular weight excluding hydrogens is 240 g/mol. The van der Waals surface area contributed by atoms with Crippen LogP contribution in [0.4, 0.5) is 0 Å². The molecule has 2 amide bonds. The summed E-state index contributed by atoms with van der Waals surface area (Å²) in [5, 5.41) is 0. The molecule has 0 atom stereocenters. The van der Waals surface area contributed by atoms with Gasteiger partial charge in [-0.2, -0.15) is 0 Å². The molecule has 108 valence electrons. The molecule has 0 aliphatic carbocycles. The average Bonchev–Trinajstić information content (AvgIpc) is 2.35. The number of primary amides is 2. The van der Waals surface area contributed by atoms with Crippen molar-refractivity contribution < 1.29 is 9.59 Å². The fourth-order valence-corrected chi connectivity index (χ4v) is 1.66. The molecule has 4 heteroatoms. The average molecular weight is 266 g/mol. The summed E-state index contributed by atoms with van der Waals surface area (Å²) in [6, 6.07) is 0. The molecule has 0 fully saturated rings. The molecule has 0 aliphatic rings. The smallest absolute Gasteiger partial charge is 0.244 e. The number of hydrogen-bond donors (Lipinski definition) is 2. The summed E-state index contributed by atoms with van der Waals surface area (Å²) in [4.78, 5) is 21.5. The summed E-state index contributed by atoms with van der Waals surface area (Å²) in [7, 11) is 0. The monoisotopic (exact) mass is 266 g/mol. The Bertz CT molecular complexity index is 323. The standard InChI is InChI=1S/C15H26N2O2/c1-12(14(16)18)10-8-6-4-3-5-7-9-11-13(2)15(17)19/h10-11H,3-9H2,1-2H3,(H2,16,18)(H2,17,19). The maximum atomic E-state index is 10.8. The van der Waals surface area contributed by atoms with E-state index in [1.165, 1.54) is 6.42 Å². The Labute approximate surface area is 115 Å². The summed E-state index contributed by atoms with van der Waals surface area (Å²) in [5.41, 5.74) is 11.6. The van der Waals surface area contributed by atoms with Crippen LogP contribution in [0.15, 0.2) is 23.3 Å². The van der Waals surface area contributed by atoms with E-state index < -0.39 is 0 Å². The van der Waals surface area contributed by atoms with E-state index >= 15 is 0 Å². The lowest BCUT2D eigenvalue weighted by molar-refractivity contribution is -0.115. The zero-order chi connectivity index (χ0) is 14.7. The Morgan fingerprint density at radius 1 is 0.737 bits per heavy atom. The number of rotatable bonds is 10. The molecule has 0 unspecified atom stereocenters. The van der Waals surface area contributed by atoms with Gasteiger partial charge in [0.1, 0.15) is 0 Å². The van der Waals surface area contributed by atoms with Gasteiger partial charge in [0.25, 0.3) is 0 Å². The van der Waals surface area contributed by atoms with Crippen LogP contribution >= 0.6 is 0 Å². The molecule has 4 nitrogen and oxygen atoms in total. The summed E-state index contributed by atoms with van der Waals surface area (Å²) in [5.74, 6) is -0.673. The molecule has 4 N–H and O–H groups in total. The van der Waals surface area contributed by atoms with Crippen molar-refractivity contribution in [3.63, 3.8) is 0 Å². The highest BCUT2D eigenvalue weighted by Gasteiger charge is 1.97. The fraction of sp³-hybridized carbons (Fsp3) is 0.600. The number of carbonyl (C=O) groups is 2. The van der Waals surface area contributed by atoms with E-state index in [9.17, 15) is 9.59 Å². The minimum Gasteiger partial charge on any atom is -0.366 e. The van der Waals surface area contributed by atoms with Crippen molar-refractivity contribution in [1.29, 1.82) is 0 Å². The highest BCUT2D eigenvalue weighted by molar-refractivity contribution is 5.91. The molecule has 0 radical (unpaired) electrons. The Balaban J connectivity index is 3.47. The van der Waals surface area contributed by atoms with Crippen molar-refractivity contribution >= 4 is 11.8 Å². The van der Waals surface area contributed by atoms with E-state index in [1.54, 1.807) is 13.8 Å². The van der Waals surface area contributed by atoms with Crippen LogP contribution in [0, 0.1) is 0 Å². The van der Waals surface area contributed by atoms with Gasteiger partial charge in [-0.15, -0.1) is 0 Å². The number of carbonyl (C=O) groups excluding carboxylic acids is 2. The fourth-order valence-electron chi connectivity index (χ4n) is 1.66. The van der Waals surface area contributed by atoms with Crippen molar-refractivity contribution in [3.05, 3.63) is 23.3 Å². The predicted octanol–water partition coefficient (Wildman–Crippen LogP) is 2.58.